The van der Waals surface area contributed by atoms with Crippen molar-refractivity contribution >= 4 is 41.8 Å². The highest BCUT2D eigenvalue weighted by Crippen LogP contribution is 2.39. The van der Waals surface area contributed by atoms with E-state index in [-0.39, 0.29) is 0 Å². The van der Waals surface area contributed by atoms with Crippen LogP contribution in [0.1, 0.15) is 12.2 Å². The van der Waals surface area contributed by atoms with Gasteiger partial charge in [0.2, 0.25) is 0 Å². The normalized spacial score (nSPS) is 12.2. The summed E-state index contributed by atoms with van der Waals surface area (Å²) >= 11 is 11.9. The van der Waals surface area contributed by atoms with E-state index in [4.69, 9.17) is 28.9 Å². The predicted octanol–water partition coefficient (Wildman–Crippen LogP) is 2.37. The Hall–Kier alpha value is -0.620. The lowest BCUT2D eigenvalue weighted by molar-refractivity contribution is 0.362. The zero-order chi connectivity index (χ0) is 14.9. The lowest BCUT2D eigenvalue weighted by Gasteiger charge is -2.10. The molecule has 0 aliphatic heterocycles. The number of hydrogen-bond acceptors (Lipinski definition) is 3. The van der Waals surface area contributed by atoms with Crippen LogP contribution in [0.3, 0.4) is 0 Å². The fourth-order valence-electron chi connectivity index (χ4n) is 1.96. The summed E-state index contributed by atoms with van der Waals surface area (Å²) in [4.78, 5) is 22.8. The number of imidazole rings is 1. The molecule has 2 rings (SSSR count). The molecule has 2 aromatic rings. The first kappa shape index (κ1) is 15.8. The van der Waals surface area contributed by atoms with Crippen LogP contribution in [0.2, 0.25) is 10.0 Å². The molecule has 0 saturated heterocycles. The molecule has 0 spiro atoms. The minimum Gasteiger partial charge on any atom is -0.330 e. The van der Waals surface area contributed by atoms with Crippen LogP contribution in [0, 0.1) is 0 Å². The molecule has 20 heavy (non-hydrogen) atoms. The summed E-state index contributed by atoms with van der Waals surface area (Å²) in [7, 11) is -4.23. The first-order chi connectivity index (χ1) is 9.31. The topological polar surface area (TPSA) is 101 Å². The van der Waals surface area contributed by atoms with Gasteiger partial charge in [0.25, 0.3) is 0 Å². The van der Waals surface area contributed by atoms with E-state index in [2.05, 4.69) is 4.98 Å². The maximum atomic E-state index is 11.3. The van der Waals surface area contributed by atoms with Crippen LogP contribution in [0.4, 0.5) is 0 Å². The lowest BCUT2D eigenvalue weighted by atomic mass is 10.3. The van der Waals surface area contributed by atoms with Crippen molar-refractivity contribution in [3.63, 3.8) is 0 Å². The summed E-state index contributed by atoms with van der Waals surface area (Å²) < 4.78 is 12.8. The Morgan fingerprint density at radius 3 is 2.55 bits per heavy atom. The number of rotatable bonds is 5. The van der Waals surface area contributed by atoms with Crippen LogP contribution in [0.25, 0.3) is 11.0 Å². The molecule has 1 aromatic heterocycles. The molecule has 0 bridgehead atoms. The Bertz CT molecular complexity index is 683. The molecule has 6 nitrogen and oxygen atoms in total. The predicted molar refractivity (Wildman–Crippen MR) is 79.2 cm³/mol. The van der Waals surface area contributed by atoms with E-state index in [1.165, 1.54) is 4.57 Å². The summed E-state index contributed by atoms with van der Waals surface area (Å²) in [5.74, 6) is 0.562. The fourth-order valence-corrected chi connectivity index (χ4v) is 2.96. The molecule has 4 N–H and O–H groups in total. The second-order valence-electron chi connectivity index (χ2n) is 4.41. The third kappa shape index (κ3) is 3.52. The maximum absolute atomic E-state index is 11.3. The molecule has 1 heterocycles. The van der Waals surface area contributed by atoms with Gasteiger partial charge in [-0.2, -0.15) is 0 Å². The van der Waals surface area contributed by atoms with E-state index >= 15 is 0 Å². The monoisotopic (exact) mass is 337 g/mol. The zero-order valence-corrected chi connectivity index (χ0v) is 12.9. The Morgan fingerprint density at radius 2 is 1.95 bits per heavy atom. The van der Waals surface area contributed by atoms with Gasteiger partial charge in [-0.05, 0) is 25.1 Å². The van der Waals surface area contributed by atoms with Gasteiger partial charge in [-0.1, -0.05) is 23.2 Å². The fraction of sp³-hybridized carbons (Fsp3) is 0.364. The van der Waals surface area contributed by atoms with Crippen LogP contribution in [0.15, 0.2) is 12.1 Å². The second kappa shape index (κ2) is 6.02. The third-order valence-corrected chi connectivity index (χ3v) is 4.17. The molecule has 0 amide bonds. The number of benzene rings is 1. The highest BCUT2D eigenvalue weighted by Gasteiger charge is 2.20. The molecule has 0 saturated carbocycles. The van der Waals surface area contributed by atoms with Crippen LogP contribution >= 0.6 is 30.8 Å². The molecule has 0 aliphatic carbocycles. The van der Waals surface area contributed by atoms with Gasteiger partial charge in [-0.25, -0.2) is 4.98 Å². The van der Waals surface area contributed by atoms with Crippen molar-refractivity contribution in [1.29, 1.82) is 0 Å². The van der Waals surface area contributed by atoms with Gasteiger partial charge in [-0.3, -0.25) is 4.57 Å². The van der Waals surface area contributed by atoms with Crippen molar-refractivity contribution in [3.8, 4) is 0 Å². The molecule has 1 aromatic carbocycles. The van der Waals surface area contributed by atoms with Crippen molar-refractivity contribution in [3.05, 3.63) is 28.0 Å². The summed E-state index contributed by atoms with van der Waals surface area (Å²) in [6.07, 6.45) is 0.758. The molecule has 9 heteroatoms. The first-order valence-corrected chi connectivity index (χ1v) is 8.46. The number of hydrogen-bond donors (Lipinski definition) is 3. The Kier molecular flexibility index (Phi) is 4.74. The average Bonchev–Trinajstić information content (AvgIpc) is 2.63. The minimum atomic E-state index is -4.23. The van der Waals surface area contributed by atoms with Crippen LogP contribution in [0.5, 0.6) is 0 Å². The van der Waals surface area contributed by atoms with Gasteiger partial charge in [0.15, 0.2) is 0 Å². The SMILES string of the molecule is NCCCc1nc2cc(Cl)c(Cl)cc2n1CP(=O)(O)O. The third-order valence-electron chi connectivity index (χ3n) is 2.80. The van der Waals surface area contributed by atoms with E-state index < -0.39 is 13.9 Å². The molecular formula is C11H14Cl2N3O3P. The number of fused-ring (bicyclic) bond motifs is 1. The van der Waals surface area contributed by atoms with Gasteiger partial charge in [0.1, 0.15) is 12.1 Å². The number of nitrogens with two attached hydrogens (primary N) is 1. The molecule has 0 aliphatic rings. The molecular weight excluding hydrogens is 324 g/mol. The van der Waals surface area contributed by atoms with E-state index in [1.807, 2.05) is 0 Å². The van der Waals surface area contributed by atoms with Crippen molar-refractivity contribution in [2.75, 3.05) is 6.54 Å². The van der Waals surface area contributed by atoms with Crippen molar-refractivity contribution < 1.29 is 14.4 Å². The lowest BCUT2D eigenvalue weighted by Crippen LogP contribution is -2.07. The Morgan fingerprint density at radius 1 is 1.30 bits per heavy atom. The number of aryl methyl sites for hydroxylation is 1. The van der Waals surface area contributed by atoms with Crippen molar-refractivity contribution in [1.82, 2.24) is 9.55 Å². The summed E-state index contributed by atoms with van der Waals surface area (Å²) in [6.45, 7) is 0.473. The number of halogens is 2. The highest BCUT2D eigenvalue weighted by atomic mass is 35.5. The second-order valence-corrected chi connectivity index (χ2v) is 6.84. The van der Waals surface area contributed by atoms with Crippen LogP contribution < -0.4 is 5.73 Å². The van der Waals surface area contributed by atoms with Crippen LogP contribution in [-0.4, -0.2) is 25.9 Å². The quantitative estimate of drug-likeness (QED) is 0.727. The minimum absolute atomic E-state index is 0.316. The van der Waals surface area contributed by atoms with Crippen molar-refractivity contribution in [2.24, 2.45) is 5.73 Å². The van der Waals surface area contributed by atoms with Gasteiger partial charge < -0.3 is 20.1 Å². The molecule has 0 radical (unpaired) electrons. The summed E-state index contributed by atoms with van der Waals surface area (Å²) in [5.41, 5.74) is 6.57. The van der Waals surface area contributed by atoms with Crippen molar-refractivity contribution in [2.45, 2.75) is 19.1 Å². The van der Waals surface area contributed by atoms with Gasteiger partial charge in [0, 0.05) is 6.42 Å². The largest absolute Gasteiger partial charge is 0.345 e. The molecule has 0 atom stereocenters. The van der Waals surface area contributed by atoms with E-state index in [0.29, 0.717) is 46.3 Å². The maximum Gasteiger partial charge on any atom is 0.345 e. The smallest absolute Gasteiger partial charge is 0.330 e. The average molecular weight is 338 g/mol. The van der Waals surface area contributed by atoms with E-state index in [0.717, 1.165) is 0 Å². The summed E-state index contributed by atoms with van der Waals surface area (Å²) in [6, 6.07) is 3.15. The Labute approximate surface area is 125 Å². The zero-order valence-electron chi connectivity index (χ0n) is 10.5. The number of aromatic nitrogens is 2. The summed E-state index contributed by atoms with van der Waals surface area (Å²) in [5, 5.41) is 0.668. The van der Waals surface area contributed by atoms with E-state index in [1.54, 1.807) is 12.1 Å². The van der Waals surface area contributed by atoms with Crippen LogP contribution in [-0.2, 0) is 17.3 Å². The molecule has 110 valence electrons. The Balaban J connectivity index is 2.58. The molecule has 0 unspecified atom stereocenters. The highest BCUT2D eigenvalue weighted by molar-refractivity contribution is 7.50. The van der Waals surface area contributed by atoms with E-state index in [9.17, 15) is 14.4 Å². The van der Waals surface area contributed by atoms with Gasteiger partial charge in [0.05, 0.1) is 21.1 Å². The van der Waals surface area contributed by atoms with Gasteiger partial charge >= 0.3 is 7.60 Å². The first-order valence-electron chi connectivity index (χ1n) is 5.90. The number of nitrogens with zero attached hydrogens (tertiary/aromatic N) is 2. The van der Waals surface area contributed by atoms with Gasteiger partial charge in [-0.15, -0.1) is 0 Å². The standard InChI is InChI=1S/C11H14Cl2N3O3P/c12-7-4-9-10(5-8(7)13)16(6-20(17,18)19)11(15-9)2-1-3-14/h4-5H,1-3,6,14H2,(H2,17,18,19). The molecule has 0 fully saturated rings.